The van der Waals surface area contributed by atoms with Crippen molar-refractivity contribution in [2.75, 3.05) is 13.7 Å². The van der Waals surface area contributed by atoms with Gasteiger partial charge in [-0.1, -0.05) is 0 Å². The van der Waals surface area contributed by atoms with Crippen molar-refractivity contribution in [3.05, 3.63) is 24.0 Å². The number of methoxy groups -OCH3 is 1. The maximum absolute atomic E-state index is 7.21. The number of nitrogens with one attached hydrogen (secondary N) is 1. The Kier molecular flexibility index (Phi) is 4.45. The normalized spacial score (nSPS) is 11.2. The van der Waals surface area contributed by atoms with E-state index >= 15 is 0 Å². The predicted octanol–water partition coefficient (Wildman–Crippen LogP) is 1.56. The standard InChI is InChI=1S/C12H19N3O2/c1-12(2,16-3)6-7-17-9-4-5-10(11(13)14)15-8-9/h4-5,8H,6-7H2,1-3H3,(H3,13,14). The van der Waals surface area contributed by atoms with E-state index in [-0.39, 0.29) is 11.4 Å². The zero-order chi connectivity index (χ0) is 12.9. The molecule has 0 aliphatic carbocycles. The molecule has 5 heteroatoms. The van der Waals surface area contributed by atoms with E-state index in [2.05, 4.69) is 4.98 Å². The average Bonchev–Trinajstić information content (AvgIpc) is 2.29. The van der Waals surface area contributed by atoms with Crippen LogP contribution in [0.15, 0.2) is 18.3 Å². The summed E-state index contributed by atoms with van der Waals surface area (Å²) in [5.74, 6) is 0.624. The molecule has 1 aromatic heterocycles. The zero-order valence-electron chi connectivity index (χ0n) is 10.5. The first-order chi connectivity index (χ1) is 7.94. The van der Waals surface area contributed by atoms with E-state index in [0.29, 0.717) is 18.1 Å². The van der Waals surface area contributed by atoms with E-state index in [4.69, 9.17) is 20.6 Å². The minimum Gasteiger partial charge on any atom is -0.492 e. The number of nitrogens with two attached hydrogens (primary N) is 1. The number of hydrogen-bond donors (Lipinski definition) is 2. The summed E-state index contributed by atoms with van der Waals surface area (Å²) >= 11 is 0. The summed E-state index contributed by atoms with van der Waals surface area (Å²) in [4.78, 5) is 4.01. The Balaban J connectivity index is 2.45. The van der Waals surface area contributed by atoms with Gasteiger partial charge in [0, 0.05) is 13.5 Å². The number of hydrogen-bond acceptors (Lipinski definition) is 4. The van der Waals surface area contributed by atoms with E-state index in [1.54, 1.807) is 25.4 Å². The summed E-state index contributed by atoms with van der Waals surface area (Å²) < 4.78 is 10.8. The number of nitrogens with zero attached hydrogens (tertiary/aromatic N) is 1. The van der Waals surface area contributed by atoms with Gasteiger partial charge in [0.25, 0.3) is 0 Å². The second-order valence-corrected chi connectivity index (χ2v) is 4.36. The van der Waals surface area contributed by atoms with Crippen molar-refractivity contribution in [3.63, 3.8) is 0 Å². The summed E-state index contributed by atoms with van der Waals surface area (Å²) in [7, 11) is 1.68. The number of aromatic nitrogens is 1. The van der Waals surface area contributed by atoms with Gasteiger partial charge in [0.1, 0.15) is 17.3 Å². The number of nitrogen functional groups attached to an aromatic ring is 1. The molecule has 94 valence electrons. The van der Waals surface area contributed by atoms with Crippen LogP contribution < -0.4 is 10.5 Å². The molecule has 0 aliphatic heterocycles. The summed E-state index contributed by atoms with van der Waals surface area (Å²) in [6, 6.07) is 3.42. The smallest absolute Gasteiger partial charge is 0.141 e. The predicted molar refractivity (Wildman–Crippen MR) is 66.5 cm³/mol. The van der Waals surface area contributed by atoms with Crippen LogP contribution in [-0.4, -0.2) is 30.1 Å². The van der Waals surface area contributed by atoms with Crippen molar-refractivity contribution >= 4 is 5.84 Å². The van der Waals surface area contributed by atoms with Crippen LogP contribution in [-0.2, 0) is 4.74 Å². The Morgan fingerprint density at radius 1 is 1.47 bits per heavy atom. The fourth-order valence-corrected chi connectivity index (χ4v) is 1.14. The highest BCUT2D eigenvalue weighted by Gasteiger charge is 2.15. The maximum Gasteiger partial charge on any atom is 0.141 e. The van der Waals surface area contributed by atoms with Gasteiger partial charge in [0.05, 0.1) is 18.4 Å². The van der Waals surface area contributed by atoms with Crippen LogP contribution in [0.1, 0.15) is 26.0 Å². The third-order valence-corrected chi connectivity index (χ3v) is 2.54. The molecule has 1 aromatic rings. The molecule has 0 saturated heterocycles. The summed E-state index contributed by atoms with van der Waals surface area (Å²) in [5, 5.41) is 7.21. The molecular formula is C12H19N3O2. The molecule has 0 radical (unpaired) electrons. The SMILES string of the molecule is COC(C)(C)CCOc1ccc(C(=N)N)nc1. The minimum atomic E-state index is -0.188. The second kappa shape index (κ2) is 5.63. The summed E-state index contributed by atoms with van der Waals surface area (Å²) in [5.41, 5.74) is 5.57. The van der Waals surface area contributed by atoms with Crippen LogP contribution in [0.3, 0.4) is 0 Å². The highest BCUT2D eigenvalue weighted by molar-refractivity contribution is 5.92. The van der Waals surface area contributed by atoms with Crippen molar-refractivity contribution in [2.24, 2.45) is 5.73 Å². The summed E-state index contributed by atoms with van der Waals surface area (Å²) in [6.45, 7) is 4.57. The van der Waals surface area contributed by atoms with E-state index in [1.807, 2.05) is 13.8 Å². The fourth-order valence-electron chi connectivity index (χ4n) is 1.14. The Hall–Kier alpha value is -1.62. The zero-order valence-corrected chi connectivity index (χ0v) is 10.5. The first-order valence-electron chi connectivity index (χ1n) is 5.43. The van der Waals surface area contributed by atoms with E-state index in [0.717, 1.165) is 6.42 Å². The fraction of sp³-hybridized carbons (Fsp3) is 0.500. The third kappa shape index (κ3) is 4.40. The third-order valence-electron chi connectivity index (χ3n) is 2.54. The Morgan fingerprint density at radius 3 is 2.65 bits per heavy atom. The Morgan fingerprint density at radius 2 is 2.18 bits per heavy atom. The van der Waals surface area contributed by atoms with Gasteiger partial charge >= 0.3 is 0 Å². The molecule has 0 spiro atoms. The molecule has 0 bridgehead atoms. The van der Waals surface area contributed by atoms with Gasteiger partial charge in [-0.25, -0.2) is 4.98 Å². The van der Waals surface area contributed by atoms with Crippen molar-refractivity contribution < 1.29 is 9.47 Å². The average molecular weight is 237 g/mol. The molecule has 1 rings (SSSR count). The molecule has 0 amide bonds. The van der Waals surface area contributed by atoms with Crippen molar-refractivity contribution in [1.82, 2.24) is 4.98 Å². The highest BCUT2D eigenvalue weighted by Crippen LogP contribution is 2.15. The van der Waals surface area contributed by atoms with Gasteiger partial charge in [0.2, 0.25) is 0 Å². The van der Waals surface area contributed by atoms with Crippen LogP contribution in [0.4, 0.5) is 0 Å². The molecule has 0 fully saturated rings. The molecule has 3 N–H and O–H groups in total. The molecule has 1 heterocycles. The summed E-state index contributed by atoms with van der Waals surface area (Å²) in [6.07, 6.45) is 2.36. The lowest BCUT2D eigenvalue weighted by molar-refractivity contribution is 0.00543. The molecule has 17 heavy (non-hydrogen) atoms. The molecule has 5 nitrogen and oxygen atoms in total. The number of amidine groups is 1. The lowest BCUT2D eigenvalue weighted by Crippen LogP contribution is -2.25. The van der Waals surface area contributed by atoms with Crippen molar-refractivity contribution in [1.29, 1.82) is 5.41 Å². The van der Waals surface area contributed by atoms with Crippen LogP contribution >= 0.6 is 0 Å². The minimum absolute atomic E-state index is 0.0444. The van der Waals surface area contributed by atoms with Crippen LogP contribution in [0.25, 0.3) is 0 Å². The Labute approximate surface area is 101 Å². The van der Waals surface area contributed by atoms with Crippen LogP contribution in [0, 0.1) is 5.41 Å². The van der Waals surface area contributed by atoms with Gasteiger partial charge < -0.3 is 15.2 Å². The number of pyridine rings is 1. The highest BCUT2D eigenvalue weighted by atomic mass is 16.5. The van der Waals surface area contributed by atoms with Crippen molar-refractivity contribution in [3.8, 4) is 5.75 Å². The number of rotatable bonds is 6. The molecular weight excluding hydrogens is 218 g/mol. The first kappa shape index (κ1) is 13.4. The molecule has 0 aromatic carbocycles. The monoisotopic (exact) mass is 237 g/mol. The van der Waals surface area contributed by atoms with E-state index < -0.39 is 0 Å². The topological polar surface area (TPSA) is 81.2 Å². The van der Waals surface area contributed by atoms with Gasteiger partial charge in [-0.15, -0.1) is 0 Å². The lowest BCUT2D eigenvalue weighted by atomic mass is 10.1. The quantitative estimate of drug-likeness (QED) is 0.581. The van der Waals surface area contributed by atoms with Gasteiger partial charge in [-0.2, -0.15) is 0 Å². The van der Waals surface area contributed by atoms with Gasteiger partial charge in [-0.05, 0) is 26.0 Å². The van der Waals surface area contributed by atoms with Gasteiger partial charge in [-0.3, -0.25) is 5.41 Å². The van der Waals surface area contributed by atoms with Crippen molar-refractivity contribution in [2.45, 2.75) is 25.9 Å². The van der Waals surface area contributed by atoms with Crippen LogP contribution in [0.5, 0.6) is 5.75 Å². The van der Waals surface area contributed by atoms with E-state index in [1.165, 1.54) is 0 Å². The number of ether oxygens (including phenoxy) is 2. The molecule has 0 unspecified atom stereocenters. The second-order valence-electron chi connectivity index (χ2n) is 4.36. The maximum atomic E-state index is 7.21. The lowest BCUT2D eigenvalue weighted by Gasteiger charge is -2.22. The molecule has 0 atom stereocenters. The molecule has 0 aliphatic rings. The van der Waals surface area contributed by atoms with E-state index in [9.17, 15) is 0 Å². The van der Waals surface area contributed by atoms with Crippen LogP contribution in [0.2, 0.25) is 0 Å². The van der Waals surface area contributed by atoms with Gasteiger partial charge in [0.15, 0.2) is 0 Å². The molecule has 0 saturated carbocycles. The largest absolute Gasteiger partial charge is 0.492 e. The first-order valence-corrected chi connectivity index (χ1v) is 5.43. The Bertz CT molecular complexity index is 374.